The lowest BCUT2D eigenvalue weighted by atomic mass is 10.2. The number of hydrogen-bond acceptors (Lipinski definition) is 1. The van der Waals surface area contributed by atoms with Crippen molar-refractivity contribution >= 4 is 0 Å². The van der Waals surface area contributed by atoms with Crippen LogP contribution in [0, 0.1) is 7.11 Å². The Morgan fingerprint density at radius 2 is 2.00 bits per heavy atom. The van der Waals surface area contributed by atoms with Crippen LogP contribution in [0.4, 0.5) is 8.78 Å². The molecule has 0 saturated carbocycles. The summed E-state index contributed by atoms with van der Waals surface area (Å²) in [5.41, 5.74) is 0. The zero-order valence-corrected chi connectivity index (χ0v) is 5.28. The van der Waals surface area contributed by atoms with Gasteiger partial charge in [-0.05, 0) is 12.8 Å². The first-order chi connectivity index (χ1) is 4.27. The highest BCUT2D eigenvalue weighted by molar-refractivity contribution is 4.42. The van der Waals surface area contributed by atoms with E-state index >= 15 is 0 Å². The van der Waals surface area contributed by atoms with Crippen LogP contribution in [0.25, 0.3) is 0 Å². The number of ether oxygens (including phenoxy) is 1. The minimum atomic E-state index is -2.17. The van der Waals surface area contributed by atoms with Gasteiger partial charge < -0.3 is 4.74 Å². The molecule has 0 spiro atoms. The minimum Gasteiger partial charge on any atom is -0.379 e. The molecular formula is C6H11F2O. The standard InChI is InChI=1S/C6H11F2O/c1-9-5-3-2-4-6(7)8/h6H,1-5H2. The molecule has 0 aromatic rings. The predicted molar refractivity (Wildman–Crippen MR) is 31.2 cm³/mol. The molecule has 0 atom stereocenters. The number of rotatable bonds is 5. The van der Waals surface area contributed by atoms with Crippen LogP contribution in [0.3, 0.4) is 0 Å². The van der Waals surface area contributed by atoms with E-state index in [1.54, 1.807) is 0 Å². The average molecular weight is 137 g/mol. The molecule has 0 aliphatic carbocycles. The van der Waals surface area contributed by atoms with Gasteiger partial charge in [-0.15, -0.1) is 0 Å². The van der Waals surface area contributed by atoms with Gasteiger partial charge in [0.05, 0.1) is 7.11 Å². The number of alkyl halides is 2. The Balaban J connectivity index is 2.75. The average Bonchev–Trinajstić information content (AvgIpc) is 1.80. The molecule has 9 heavy (non-hydrogen) atoms. The maximum Gasteiger partial charge on any atom is 0.238 e. The topological polar surface area (TPSA) is 9.23 Å². The summed E-state index contributed by atoms with van der Waals surface area (Å²) in [5.74, 6) is 0. The lowest BCUT2D eigenvalue weighted by Gasteiger charge is -1.97. The molecule has 0 aromatic heterocycles. The van der Waals surface area contributed by atoms with Crippen molar-refractivity contribution in [2.24, 2.45) is 0 Å². The molecule has 0 heterocycles. The van der Waals surface area contributed by atoms with Gasteiger partial charge >= 0.3 is 0 Å². The van der Waals surface area contributed by atoms with E-state index in [1.807, 2.05) is 0 Å². The van der Waals surface area contributed by atoms with Gasteiger partial charge in [-0.1, -0.05) is 0 Å². The summed E-state index contributed by atoms with van der Waals surface area (Å²) in [5, 5.41) is 0. The van der Waals surface area contributed by atoms with Crippen LogP contribution in [0.5, 0.6) is 0 Å². The lowest BCUT2D eigenvalue weighted by Crippen LogP contribution is -1.92. The van der Waals surface area contributed by atoms with Crippen LogP contribution in [0.1, 0.15) is 19.3 Å². The molecule has 0 N–H and O–H groups in total. The van der Waals surface area contributed by atoms with Crippen LogP contribution in [0.15, 0.2) is 0 Å². The summed E-state index contributed by atoms with van der Waals surface area (Å²) in [6.07, 6.45) is -1.00. The van der Waals surface area contributed by atoms with Gasteiger partial charge in [-0.3, -0.25) is 0 Å². The largest absolute Gasteiger partial charge is 0.379 e. The maximum absolute atomic E-state index is 11.4. The molecule has 0 fully saturated rings. The lowest BCUT2D eigenvalue weighted by molar-refractivity contribution is 0.129. The molecule has 1 radical (unpaired) electrons. The fraction of sp³-hybridized carbons (Fsp3) is 0.833. The second kappa shape index (κ2) is 5.95. The van der Waals surface area contributed by atoms with Crippen molar-refractivity contribution in [1.29, 1.82) is 0 Å². The maximum atomic E-state index is 11.4. The van der Waals surface area contributed by atoms with Crippen molar-refractivity contribution in [3.8, 4) is 0 Å². The Hall–Kier alpha value is -0.180. The van der Waals surface area contributed by atoms with Gasteiger partial charge in [0, 0.05) is 13.0 Å². The monoisotopic (exact) mass is 137 g/mol. The van der Waals surface area contributed by atoms with Crippen LogP contribution in [0.2, 0.25) is 0 Å². The fourth-order valence-corrected chi connectivity index (χ4v) is 0.503. The van der Waals surface area contributed by atoms with Crippen molar-refractivity contribution < 1.29 is 13.5 Å². The second-order valence-corrected chi connectivity index (χ2v) is 1.80. The molecular weight excluding hydrogens is 126 g/mol. The van der Waals surface area contributed by atoms with Crippen LogP contribution in [-0.4, -0.2) is 13.0 Å². The Bertz CT molecular complexity index is 57.0. The van der Waals surface area contributed by atoms with Gasteiger partial charge in [0.15, 0.2) is 0 Å². The van der Waals surface area contributed by atoms with Gasteiger partial charge in [0.25, 0.3) is 0 Å². The zero-order valence-electron chi connectivity index (χ0n) is 5.28. The van der Waals surface area contributed by atoms with Gasteiger partial charge in [0.2, 0.25) is 6.43 Å². The molecule has 3 heteroatoms. The van der Waals surface area contributed by atoms with E-state index in [0.29, 0.717) is 19.4 Å². The van der Waals surface area contributed by atoms with Crippen molar-refractivity contribution in [3.63, 3.8) is 0 Å². The third-order valence-electron chi connectivity index (χ3n) is 0.961. The minimum absolute atomic E-state index is 0.0244. The molecule has 0 aliphatic rings. The third kappa shape index (κ3) is 7.82. The summed E-state index contributed by atoms with van der Waals surface area (Å²) in [6.45, 7) is 0.479. The SMILES string of the molecule is [CH2]OCCCCC(F)F. The van der Waals surface area contributed by atoms with Crippen LogP contribution >= 0.6 is 0 Å². The number of hydrogen-bond donors (Lipinski definition) is 0. The van der Waals surface area contributed by atoms with Crippen LogP contribution in [-0.2, 0) is 4.74 Å². The van der Waals surface area contributed by atoms with Crippen molar-refractivity contribution in [3.05, 3.63) is 7.11 Å². The highest BCUT2D eigenvalue weighted by Gasteiger charge is 1.99. The summed E-state index contributed by atoms with van der Waals surface area (Å²) in [6, 6.07) is 0. The molecule has 0 amide bonds. The highest BCUT2D eigenvalue weighted by Crippen LogP contribution is 2.04. The summed E-state index contributed by atoms with van der Waals surface area (Å²) < 4.78 is 27.2. The molecule has 0 aliphatic heterocycles. The van der Waals surface area contributed by atoms with Crippen molar-refractivity contribution in [2.75, 3.05) is 6.61 Å². The Labute approximate surface area is 54.0 Å². The normalized spacial score (nSPS) is 10.7. The van der Waals surface area contributed by atoms with E-state index < -0.39 is 6.43 Å². The fourth-order valence-electron chi connectivity index (χ4n) is 0.503. The van der Waals surface area contributed by atoms with Crippen LogP contribution < -0.4 is 0 Å². The number of halogens is 2. The molecule has 0 unspecified atom stereocenters. The van der Waals surface area contributed by atoms with Crippen molar-refractivity contribution in [1.82, 2.24) is 0 Å². The summed E-state index contributed by atoms with van der Waals surface area (Å²) in [4.78, 5) is 0. The van der Waals surface area contributed by atoms with Gasteiger partial charge in [-0.2, -0.15) is 0 Å². The number of unbranched alkanes of at least 4 members (excludes halogenated alkanes) is 1. The third-order valence-corrected chi connectivity index (χ3v) is 0.961. The predicted octanol–water partition coefficient (Wildman–Crippen LogP) is 2.23. The van der Waals surface area contributed by atoms with E-state index in [4.69, 9.17) is 0 Å². The Morgan fingerprint density at radius 1 is 1.33 bits per heavy atom. The molecule has 0 aromatic carbocycles. The van der Waals surface area contributed by atoms with Gasteiger partial charge in [0.1, 0.15) is 0 Å². The summed E-state index contributed by atoms with van der Waals surface area (Å²) in [7, 11) is 3.11. The first kappa shape index (κ1) is 8.82. The molecule has 0 bridgehead atoms. The quantitative estimate of drug-likeness (QED) is 0.528. The van der Waals surface area contributed by atoms with Crippen molar-refractivity contribution in [2.45, 2.75) is 25.7 Å². The first-order valence-corrected chi connectivity index (χ1v) is 2.92. The van der Waals surface area contributed by atoms with E-state index in [-0.39, 0.29) is 6.42 Å². The highest BCUT2D eigenvalue weighted by atomic mass is 19.3. The second-order valence-electron chi connectivity index (χ2n) is 1.80. The van der Waals surface area contributed by atoms with E-state index in [2.05, 4.69) is 11.8 Å². The van der Waals surface area contributed by atoms with E-state index in [1.165, 1.54) is 0 Å². The smallest absolute Gasteiger partial charge is 0.238 e. The Kier molecular flexibility index (Phi) is 5.83. The first-order valence-electron chi connectivity index (χ1n) is 2.92. The summed E-state index contributed by atoms with van der Waals surface area (Å²) >= 11 is 0. The molecule has 55 valence electrons. The molecule has 0 rings (SSSR count). The molecule has 0 saturated heterocycles. The molecule has 1 nitrogen and oxygen atoms in total. The van der Waals surface area contributed by atoms with E-state index in [9.17, 15) is 8.78 Å². The van der Waals surface area contributed by atoms with Gasteiger partial charge in [-0.25, -0.2) is 8.78 Å². The Morgan fingerprint density at radius 3 is 2.44 bits per heavy atom. The zero-order chi connectivity index (χ0) is 7.11. The van der Waals surface area contributed by atoms with E-state index in [0.717, 1.165) is 0 Å².